The number of urea groups is 1. The van der Waals surface area contributed by atoms with Crippen LogP contribution in [0, 0.1) is 5.92 Å². The lowest BCUT2D eigenvalue weighted by atomic mass is 9.83. The Hall–Kier alpha value is -2.85. The molecule has 3 heterocycles. The number of carbonyl (C=O) groups is 3. The number of hydrogen-bond acceptors (Lipinski definition) is 6. The van der Waals surface area contributed by atoms with E-state index in [4.69, 9.17) is 4.74 Å². The van der Waals surface area contributed by atoms with Crippen LogP contribution in [0.4, 0.5) is 4.79 Å². The average Bonchev–Trinajstić information content (AvgIpc) is 3.64. The van der Waals surface area contributed by atoms with Gasteiger partial charge in [-0.3, -0.25) is 14.5 Å². The quantitative estimate of drug-likeness (QED) is 0.324. The van der Waals surface area contributed by atoms with Crippen LogP contribution in [-0.4, -0.2) is 134 Å². The third kappa shape index (κ3) is 7.71. The van der Waals surface area contributed by atoms with Gasteiger partial charge in [0.05, 0.1) is 19.1 Å². The Morgan fingerprint density at radius 1 is 1.10 bits per heavy atom. The number of amides is 3. The van der Waals surface area contributed by atoms with Crippen LogP contribution in [-0.2, 0) is 16.0 Å². The summed E-state index contributed by atoms with van der Waals surface area (Å²) < 4.78 is 5.69. The summed E-state index contributed by atoms with van der Waals surface area (Å²) in [5.74, 6) is -0.805. The van der Waals surface area contributed by atoms with Crippen LogP contribution < -0.4 is 4.74 Å². The number of benzene rings is 1. The molecule has 0 radical (unpaired) electrons. The number of aliphatic carboxylic acids is 1. The van der Waals surface area contributed by atoms with Crippen LogP contribution in [0.3, 0.4) is 0 Å². The Labute approximate surface area is 245 Å². The molecule has 3 aliphatic rings. The topological polar surface area (TPSA) is 96.9 Å². The standard InChI is InChI=1S/C31H49N5O5/c1-5-6-14-34(15-8-7-13-32(2)3)28(37)22-36-21-25(23-9-10-27-24(20-23)12-19-41-27)29(30(38)39)26(36)11-16-35-18-17-33(4)31(35)40/h9-10,20,25-26,29H,5-8,11-19,21-22H2,1-4H3,(H,38,39). The van der Waals surface area contributed by atoms with Gasteiger partial charge in [0, 0.05) is 64.7 Å². The van der Waals surface area contributed by atoms with Crippen molar-refractivity contribution < 1.29 is 24.2 Å². The highest BCUT2D eigenvalue weighted by Crippen LogP contribution is 2.41. The molecule has 1 aromatic carbocycles. The Morgan fingerprint density at radius 3 is 2.54 bits per heavy atom. The van der Waals surface area contributed by atoms with Crippen molar-refractivity contribution in [2.24, 2.45) is 5.92 Å². The van der Waals surface area contributed by atoms with Crippen molar-refractivity contribution in [3.8, 4) is 5.75 Å². The molecule has 10 heteroatoms. The van der Waals surface area contributed by atoms with E-state index < -0.39 is 11.9 Å². The fraction of sp³-hybridized carbons (Fsp3) is 0.710. The first-order valence-electron chi connectivity index (χ1n) is 15.3. The molecule has 41 heavy (non-hydrogen) atoms. The molecule has 1 N–H and O–H groups in total. The average molecular weight is 572 g/mol. The number of carboxylic acid groups (broad SMARTS) is 1. The summed E-state index contributed by atoms with van der Waals surface area (Å²) in [5, 5.41) is 10.5. The highest BCUT2D eigenvalue weighted by Gasteiger charge is 2.47. The monoisotopic (exact) mass is 571 g/mol. The first-order chi connectivity index (χ1) is 19.7. The molecule has 3 aliphatic heterocycles. The van der Waals surface area contributed by atoms with Crippen molar-refractivity contribution in [2.75, 3.05) is 80.1 Å². The van der Waals surface area contributed by atoms with Gasteiger partial charge in [-0.05, 0) is 63.5 Å². The van der Waals surface area contributed by atoms with Gasteiger partial charge in [-0.15, -0.1) is 0 Å². The number of nitrogens with zero attached hydrogens (tertiary/aromatic N) is 5. The molecule has 1 aromatic rings. The number of fused-ring (bicyclic) bond motifs is 1. The maximum absolute atomic E-state index is 13.7. The second kappa shape index (κ2) is 14.4. The Morgan fingerprint density at radius 2 is 1.85 bits per heavy atom. The zero-order chi connectivity index (χ0) is 29.5. The molecule has 0 spiro atoms. The van der Waals surface area contributed by atoms with Crippen molar-refractivity contribution in [1.82, 2.24) is 24.5 Å². The lowest BCUT2D eigenvalue weighted by molar-refractivity contribution is -0.144. The van der Waals surface area contributed by atoms with E-state index in [0.717, 1.165) is 68.6 Å². The normalized spacial score (nSPS) is 22.5. The molecule has 0 saturated carbocycles. The summed E-state index contributed by atoms with van der Waals surface area (Å²) in [6, 6.07) is 5.69. The van der Waals surface area contributed by atoms with Crippen LogP contribution in [0.15, 0.2) is 18.2 Å². The minimum absolute atomic E-state index is 0.0175. The second-order valence-corrected chi connectivity index (χ2v) is 12.2. The lowest BCUT2D eigenvalue weighted by Gasteiger charge is -2.30. The smallest absolute Gasteiger partial charge is 0.319 e. The Kier molecular flexibility index (Phi) is 10.9. The van der Waals surface area contributed by atoms with Gasteiger partial charge in [0.15, 0.2) is 0 Å². The molecule has 10 nitrogen and oxygen atoms in total. The van der Waals surface area contributed by atoms with Gasteiger partial charge in [0.25, 0.3) is 0 Å². The maximum atomic E-state index is 13.7. The molecule has 2 fully saturated rings. The highest BCUT2D eigenvalue weighted by molar-refractivity contribution is 5.79. The summed E-state index contributed by atoms with van der Waals surface area (Å²) in [6.07, 6.45) is 5.27. The van der Waals surface area contributed by atoms with Crippen molar-refractivity contribution >= 4 is 17.9 Å². The predicted molar refractivity (Wildman–Crippen MR) is 158 cm³/mol. The van der Waals surface area contributed by atoms with Gasteiger partial charge in [-0.1, -0.05) is 25.5 Å². The van der Waals surface area contributed by atoms with Crippen molar-refractivity contribution in [1.29, 1.82) is 0 Å². The summed E-state index contributed by atoms with van der Waals surface area (Å²) in [5.41, 5.74) is 2.11. The van der Waals surface area contributed by atoms with Crippen molar-refractivity contribution in [3.05, 3.63) is 29.3 Å². The van der Waals surface area contributed by atoms with Crippen molar-refractivity contribution in [3.63, 3.8) is 0 Å². The van der Waals surface area contributed by atoms with Crippen LogP contribution in [0.5, 0.6) is 5.75 Å². The molecule has 2 saturated heterocycles. The van der Waals surface area contributed by atoms with E-state index in [0.29, 0.717) is 39.2 Å². The lowest BCUT2D eigenvalue weighted by Crippen LogP contribution is -2.46. The van der Waals surface area contributed by atoms with E-state index in [9.17, 15) is 19.5 Å². The maximum Gasteiger partial charge on any atom is 0.319 e. The predicted octanol–water partition coefficient (Wildman–Crippen LogP) is 2.82. The number of likely N-dealkylation sites (N-methyl/N-ethyl adjacent to an activating group) is 1. The van der Waals surface area contributed by atoms with E-state index in [1.54, 1.807) is 16.8 Å². The summed E-state index contributed by atoms with van der Waals surface area (Å²) >= 11 is 0. The number of hydrogen-bond donors (Lipinski definition) is 1. The van der Waals surface area contributed by atoms with Gasteiger partial charge in [-0.2, -0.15) is 0 Å². The van der Waals surface area contributed by atoms with E-state index in [1.165, 1.54) is 0 Å². The number of carbonyl (C=O) groups excluding carboxylic acids is 2. The van der Waals surface area contributed by atoms with Crippen LogP contribution in [0.25, 0.3) is 0 Å². The van der Waals surface area contributed by atoms with E-state index in [1.807, 2.05) is 17.0 Å². The third-order valence-corrected chi connectivity index (χ3v) is 8.93. The number of ether oxygens (including phenoxy) is 1. The van der Waals surface area contributed by atoms with E-state index in [2.05, 4.69) is 36.9 Å². The molecular formula is C31H49N5O5. The SMILES string of the molecule is CCCCN(CCCCN(C)C)C(=O)CN1CC(c2ccc3c(c2)CCO3)C(C(=O)O)C1CCN1CCN(C)C1=O. The molecule has 228 valence electrons. The molecule has 3 amide bonds. The summed E-state index contributed by atoms with van der Waals surface area (Å²) in [7, 11) is 5.91. The van der Waals surface area contributed by atoms with Gasteiger partial charge in [0.2, 0.25) is 5.91 Å². The summed E-state index contributed by atoms with van der Waals surface area (Å²) in [4.78, 5) is 48.9. The fourth-order valence-corrected chi connectivity index (χ4v) is 6.54. The van der Waals surface area contributed by atoms with Gasteiger partial charge in [0.1, 0.15) is 5.75 Å². The number of carboxylic acids is 1. The fourth-order valence-electron chi connectivity index (χ4n) is 6.54. The Bertz CT molecular complexity index is 1070. The van der Waals surface area contributed by atoms with E-state index in [-0.39, 0.29) is 30.4 Å². The first-order valence-corrected chi connectivity index (χ1v) is 15.3. The number of unbranched alkanes of at least 4 members (excludes halogenated alkanes) is 2. The van der Waals surface area contributed by atoms with Gasteiger partial charge < -0.3 is 29.4 Å². The molecule has 3 unspecified atom stereocenters. The number of likely N-dealkylation sites (tertiary alicyclic amines) is 1. The van der Waals surface area contributed by atoms with Gasteiger partial charge >= 0.3 is 12.0 Å². The zero-order valence-electron chi connectivity index (χ0n) is 25.4. The minimum atomic E-state index is -0.844. The second-order valence-electron chi connectivity index (χ2n) is 12.2. The molecule has 0 aliphatic carbocycles. The minimum Gasteiger partial charge on any atom is -0.493 e. The van der Waals surface area contributed by atoms with E-state index >= 15 is 0 Å². The van der Waals surface area contributed by atoms with Crippen LogP contribution >= 0.6 is 0 Å². The van der Waals surface area contributed by atoms with Crippen molar-refractivity contribution in [2.45, 2.75) is 57.4 Å². The molecule has 3 atom stereocenters. The molecular weight excluding hydrogens is 522 g/mol. The number of rotatable bonds is 15. The molecule has 0 aromatic heterocycles. The van der Waals surface area contributed by atoms with Crippen LogP contribution in [0.1, 0.15) is 56.1 Å². The molecule has 0 bridgehead atoms. The Balaban J connectivity index is 1.54. The zero-order valence-corrected chi connectivity index (χ0v) is 25.4. The van der Waals surface area contributed by atoms with Gasteiger partial charge in [-0.25, -0.2) is 4.79 Å². The largest absolute Gasteiger partial charge is 0.493 e. The first kappa shape index (κ1) is 31.1. The summed E-state index contributed by atoms with van der Waals surface area (Å²) in [6.45, 7) is 7.71. The highest BCUT2D eigenvalue weighted by atomic mass is 16.5. The third-order valence-electron chi connectivity index (χ3n) is 8.93. The molecule has 4 rings (SSSR count). The van der Waals surface area contributed by atoms with Crippen LogP contribution in [0.2, 0.25) is 0 Å².